The van der Waals surface area contributed by atoms with Gasteiger partial charge >= 0.3 is 0 Å². The Bertz CT molecular complexity index is 600. The van der Waals surface area contributed by atoms with E-state index < -0.39 is 6.10 Å². The van der Waals surface area contributed by atoms with E-state index in [0.717, 1.165) is 37.9 Å². The number of carbonyl (C=O) groups excluding carboxylic acids is 2. The smallest absolute Gasteiger partial charge is 0.239 e. The molecule has 132 valence electrons. The molecule has 0 unspecified atom stereocenters. The first-order valence-electron chi connectivity index (χ1n) is 8.81. The Labute approximate surface area is 142 Å². The minimum Gasteiger partial charge on any atom is -0.389 e. The summed E-state index contributed by atoms with van der Waals surface area (Å²) in [5.74, 6) is 0.736. The normalized spacial score (nSPS) is 28.0. The molecule has 2 amide bonds. The zero-order chi connectivity index (χ0) is 17.1. The van der Waals surface area contributed by atoms with Crippen LogP contribution in [-0.2, 0) is 9.59 Å². The number of carbonyl (C=O) groups is 2. The second-order valence-corrected chi connectivity index (χ2v) is 6.82. The van der Waals surface area contributed by atoms with Crippen LogP contribution in [0, 0.1) is 6.92 Å². The summed E-state index contributed by atoms with van der Waals surface area (Å²) in [4.78, 5) is 30.1. The van der Waals surface area contributed by atoms with Crippen LogP contribution in [0.1, 0.15) is 50.4 Å². The SMILES string of the molecule is Cc1nccn1[C@@H]1CC[C@@H](NC(=O)CN2CCCCCC2=O)[C@H]1O. The van der Waals surface area contributed by atoms with Crippen LogP contribution in [0.15, 0.2) is 12.4 Å². The number of imidazole rings is 1. The number of aromatic nitrogens is 2. The maximum atomic E-state index is 12.3. The van der Waals surface area contributed by atoms with Gasteiger partial charge < -0.3 is 19.9 Å². The Balaban J connectivity index is 1.55. The lowest BCUT2D eigenvalue weighted by molar-refractivity contribution is -0.136. The number of aliphatic hydroxyl groups is 1. The van der Waals surface area contributed by atoms with Crippen LogP contribution in [0.2, 0.25) is 0 Å². The van der Waals surface area contributed by atoms with Crippen molar-refractivity contribution >= 4 is 11.8 Å². The van der Waals surface area contributed by atoms with Crippen molar-refractivity contribution in [3.63, 3.8) is 0 Å². The zero-order valence-electron chi connectivity index (χ0n) is 14.1. The fourth-order valence-corrected chi connectivity index (χ4v) is 3.79. The molecular formula is C17H26N4O3. The number of aryl methyl sites for hydroxylation is 1. The van der Waals surface area contributed by atoms with Gasteiger partial charge in [0, 0.05) is 25.4 Å². The molecule has 7 heteroatoms. The van der Waals surface area contributed by atoms with Gasteiger partial charge in [-0.25, -0.2) is 4.98 Å². The minimum absolute atomic E-state index is 0.0570. The van der Waals surface area contributed by atoms with Gasteiger partial charge in [0.1, 0.15) is 5.82 Å². The topological polar surface area (TPSA) is 87.5 Å². The first kappa shape index (κ1) is 17.0. The van der Waals surface area contributed by atoms with Gasteiger partial charge in [-0.2, -0.15) is 0 Å². The van der Waals surface area contributed by atoms with Crippen LogP contribution in [0.5, 0.6) is 0 Å². The molecule has 1 aromatic heterocycles. The predicted octanol–water partition coefficient (Wildman–Crippen LogP) is 0.775. The van der Waals surface area contributed by atoms with Crippen molar-refractivity contribution in [2.75, 3.05) is 13.1 Å². The molecule has 24 heavy (non-hydrogen) atoms. The number of amides is 2. The lowest BCUT2D eigenvalue weighted by Gasteiger charge is -2.24. The van der Waals surface area contributed by atoms with Crippen molar-refractivity contribution in [2.45, 2.75) is 63.6 Å². The van der Waals surface area contributed by atoms with E-state index in [0.29, 0.717) is 13.0 Å². The minimum atomic E-state index is -0.637. The third-order valence-corrected chi connectivity index (χ3v) is 5.15. The number of aliphatic hydroxyl groups excluding tert-OH is 1. The Kier molecular flexibility index (Phi) is 5.18. The number of hydrogen-bond acceptors (Lipinski definition) is 4. The summed E-state index contributed by atoms with van der Waals surface area (Å²) in [5.41, 5.74) is 0. The predicted molar refractivity (Wildman–Crippen MR) is 88.2 cm³/mol. The van der Waals surface area contributed by atoms with E-state index in [1.54, 1.807) is 11.1 Å². The Morgan fingerprint density at radius 3 is 2.96 bits per heavy atom. The van der Waals surface area contributed by atoms with Gasteiger partial charge in [-0.05, 0) is 32.6 Å². The summed E-state index contributed by atoms with van der Waals surface area (Å²) in [6.07, 6.45) is 7.90. The number of hydrogen-bond donors (Lipinski definition) is 2. The molecule has 2 heterocycles. The number of nitrogens with one attached hydrogen (secondary N) is 1. The molecule has 1 saturated carbocycles. The molecule has 1 aliphatic heterocycles. The molecule has 1 aromatic rings. The van der Waals surface area contributed by atoms with Gasteiger partial charge in [0.15, 0.2) is 0 Å². The van der Waals surface area contributed by atoms with Crippen molar-refractivity contribution in [3.8, 4) is 0 Å². The summed E-state index contributed by atoms with van der Waals surface area (Å²) in [5, 5.41) is 13.5. The highest BCUT2D eigenvalue weighted by atomic mass is 16.3. The van der Waals surface area contributed by atoms with Crippen molar-refractivity contribution < 1.29 is 14.7 Å². The molecule has 0 radical (unpaired) electrons. The van der Waals surface area contributed by atoms with Crippen LogP contribution in [0.25, 0.3) is 0 Å². The van der Waals surface area contributed by atoms with Gasteiger partial charge in [-0.15, -0.1) is 0 Å². The number of nitrogens with zero attached hydrogens (tertiary/aromatic N) is 3. The van der Waals surface area contributed by atoms with Crippen LogP contribution in [0.3, 0.4) is 0 Å². The van der Waals surface area contributed by atoms with E-state index in [9.17, 15) is 14.7 Å². The molecule has 1 saturated heterocycles. The van der Waals surface area contributed by atoms with E-state index in [2.05, 4.69) is 10.3 Å². The quantitative estimate of drug-likeness (QED) is 0.852. The molecule has 2 N–H and O–H groups in total. The summed E-state index contributed by atoms with van der Waals surface area (Å²) < 4.78 is 1.97. The first-order chi connectivity index (χ1) is 11.6. The Morgan fingerprint density at radius 1 is 1.38 bits per heavy atom. The first-order valence-corrected chi connectivity index (χ1v) is 8.81. The highest BCUT2D eigenvalue weighted by Gasteiger charge is 2.37. The molecule has 1 aliphatic carbocycles. The molecule has 0 aromatic carbocycles. The molecule has 3 rings (SSSR count). The summed E-state index contributed by atoms with van der Waals surface area (Å²) in [6.45, 7) is 2.65. The monoisotopic (exact) mass is 334 g/mol. The molecule has 3 atom stereocenters. The molecule has 0 bridgehead atoms. The molecular weight excluding hydrogens is 308 g/mol. The van der Waals surface area contributed by atoms with Gasteiger partial charge in [0.2, 0.25) is 11.8 Å². The average molecular weight is 334 g/mol. The van der Waals surface area contributed by atoms with Gasteiger partial charge in [0.25, 0.3) is 0 Å². The third-order valence-electron chi connectivity index (χ3n) is 5.15. The highest BCUT2D eigenvalue weighted by Crippen LogP contribution is 2.31. The molecule has 7 nitrogen and oxygen atoms in total. The second kappa shape index (κ2) is 7.34. The van der Waals surface area contributed by atoms with Crippen LogP contribution >= 0.6 is 0 Å². The van der Waals surface area contributed by atoms with Gasteiger partial charge in [-0.1, -0.05) is 6.42 Å². The van der Waals surface area contributed by atoms with E-state index in [-0.39, 0.29) is 30.4 Å². The Hall–Kier alpha value is -1.89. The standard InChI is InChI=1S/C17H26N4O3/c1-12-18-8-10-21(12)14-7-6-13(17(14)24)19-15(22)11-20-9-4-2-3-5-16(20)23/h8,10,13-14,17,24H,2-7,9,11H2,1H3,(H,19,22)/t13-,14-,17-/m1/s1. The Morgan fingerprint density at radius 2 is 2.21 bits per heavy atom. The van der Waals surface area contributed by atoms with Crippen molar-refractivity contribution in [1.82, 2.24) is 19.8 Å². The molecule has 0 spiro atoms. The summed E-state index contributed by atoms with van der Waals surface area (Å²) >= 11 is 0. The van der Waals surface area contributed by atoms with E-state index >= 15 is 0 Å². The van der Waals surface area contributed by atoms with E-state index in [1.807, 2.05) is 17.7 Å². The van der Waals surface area contributed by atoms with Gasteiger partial charge in [0.05, 0.1) is 24.7 Å². The lowest BCUT2D eigenvalue weighted by atomic mass is 10.1. The fourth-order valence-electron chi connectivity index (χ4n) is 3.79. The maximum Gasteiger partial charge on any atom is 0.239 e. The number of rotatable bonds is 4. The summed E-state index contributed by atoms with van der Waals surface area (Å²) in [6, 6.07) is -0.330. The number of likely N-dealkylation sites (tertiary alicyclic amines) is 1. The van der Waals surface area contributed by atoms with Crippen LogP contribution in [0.4, 0.5) is 0 Å². The molecule has 2 fully saturated rings. The van der Waals surface area contributed by atoms with Crippen molar-refractivity contribution in [1.29, 1.82) is 0 Å². The van der Waals surface area contributed by atoms with E-state index in [1.165, 1.54) is 0 Å². The molecule has 2 aliphatic rings. The lowest BCUT2D eigenvalue weighted by Crippen LogP contribution is -2.47. The van der Waals surface area contributed by atoms with Crippen molar-refractivity contribution in [2.24, 2.45) is 0 Å². The van der Waals surface area contributed by atoms with Crippen LogP contribution in [-0.4, -0.2) is 56.6 Å². The highest BCUT2D eigenvalue weighted by molar-refractivity contribution is 5.85. The van der Waals surface area contributed by atoms with Crippen LogP contribution < -0.4 is 5.32 Å². The van der Waals surface area contributed by atoms with Gasteiger partial charge in [-0.3, -0.25) is 9.59 Å². The fraction of sp³-hybridized carbons (Fsp3) is 0.706. The largest absolute Gasteiger partial charge is 0.389 e. The average Bonchev–Trinajstić information content (AvgIpc) is 3.05. The summed E-state index contributed by atoms with van der Waals surface area (Å²) in [7, 11) is 0. The third kappa shape index (κ3) is 3.61. The van der Waals surface area contributed by atoms with E-state index in [4.69, 9.17) is 0 Å². The van der Waals surface area contributed by atoms with Crippen molar-refractivity contribution in [3.05, 3.63) is 18.2 Å². The zero-order valence-corrected chi connectivity index (χ0v) is 14.1. The second-order valence-electron chi connectivity index (χ2n) is 6.82. The maximum absolute atomic E-state index is 12.3.